The molecule has 5 aromatic rings. The van der Waals surface area contributed by atoms with Gasteiger partial charge in [0.15, 0.2) is 11.5 Å². The Morgan fingerprint density at radius 3 is 2.90 bits per heavy atom. The van der Waals surface area contributed by atoms with Crippen molar-refractivity contribution in [2.45, 2.75) is 0 Å². The van der Waals surface area contributed by atoms with Crippen molar-refractivity contribution in [3.8, 4) is 22.6 Å². The highest BCUT2D eigenvalue weighted by atomic mass is 15.2. The van der Waals surface area contributed by atoms with E-state index in [2.05, 4.69) is 41.9 Å². The number of pyridine rings is 2. The molecule has 4 aromatic heterocycles. The van der Waals surface area contributed by atoms with Crippen molar-refractivity contribution in [3.05, 3.63) is 66.8 Å². The number of rotatable bonds is 5. The number of imidazole rings is 1. The number of nitrogens with zero attached hydrogens (tertiary/aromatic N) is 6. The highest BCUT2D eigenvalue weighted by Crippen LogP contribution is 2.31. The molecule has 0 aliphatic rings. The summed E-state index contributed by atoms with van der Waals surface area (Å²) in [7, 11) is 1.71. The van der Waals surface area contributed by atoms with Gasteiger partial charge in [-0.05, 0) is 24.9 Å². The van der Waals surface area contributed by atoms with Crippen LogP contribution in [-0.4, -0.2) is 50.1 Å². The van der Waals surface area contributed by atoms with Crippen LogP contribution >= 0.6 is 0 Å². The van der Waals surface area contributed by atoms with Crippen LogP contribution < -0.4 is 0 Å². The van der Waals surface area contributed by atoms with E-state index in [-0.39, 0.29) is 0 Å². The second kappa shape index (κ2) is 7.75. The van der Waals surface area contributed by atoms with Gasteiger partial charge in [0, 0.05) is 60.3 Å². The average Bonchev–Trinajstić information content (AvgIpc) is 3.42. The van der Waals surface area contributed by atoms with Crippen molar-refractivity contribution < 1.29 is 0 Å². The van der Waals surface area contributed by atoms with Crippen molar-refractivity contribution >= 4 is 40.6 Å². The number of aromatic amines is 2. The molecular formula is C23H18N8. The molecule has 150 valence electrons. The van der Waals surface area contributed by atoms with E-state index in [9.17, 15) is 0 Å². The van der Waals surface area contributed by atoms with Crippen molar-refractivity contribution in [2.75, 3.05) is 7.05 Å². The molecule has 2 N–H and O–H groups in total. The lowest BCUT2D eigenvalue weighted by molar-refractivity contribution is 1.09. The first-order valence-corrected chi connectivity index (χ1v) is 9.60. The van der Waals surface area contributed by atoms with Gasteiger partial charge in [0.2, 0.25) is 0 Å². The predicted molar refractivity (Wildman–Crippen MR) is 124 cm³/mol. The standard InChI is InChI=1S/C23H18N8/c1-24-10-16(11-25-2)15-9-18-21(30-31-22(18)27-13-15)23-28-19-7-3-6-17(20(19)29-23)14-5-4-8-26-12-14/h3-13H,1H2,2H3,(H,28,29)(H,27,30,31)/b16-10+,25-11-. The summed E-state index contributed by atoms with van der Waals surface area (Å²) in [5, 5.41) is 8.31. The Bertz CT molecular complexity index is 1460. The highest BCUT2D eigenvalue weighted by Gasteiger charge is 2.16. The molecule has 0 unspecified atom stereocenters. The Hall–Kier alpha value is -4.46. The number of fused-ring (bicyclic) bond motifs is 2. The largest absolute Gasteiger partial charge is 0.337 e. The van der Waals surface area contributed by atoms with Gasteiger partial charge < -0.3 is 4.98 Å². The summed E-state index contributed by atoms with van der Waals surface area (Å²) in [4.78, 5) is 24.9. The van der Waals surface area contributed by atoms with Gasteiger partial charge in [-0.15, -0.1) is 0 Å². The maximum atomic E-state index is 4.87. The van der Waals surface area contributed by atoms with E-state index in [1.165, 1.54) is 0 Å². The summed E-state index contributed by atoms with van der Waals surface area (Å²) < 4.78 is 0. The molecule has 5 rings (SSSR count). The van der Waals surface area contributed by atoms with Crippen molar-refractivity contribution in [2.24, 2.45) is 9.98 Å². The number of para-hydroxylation sites is 1. The molecule has 0 aliphatic carbocycles. The van der Waals surface area contributed by atoms with Crippen molar-refractivity contribution in [3.63, 3.8) is 0 Å². The third kappa shape index (κ3) is 3.29. The van der Waals surface area contributed by atoms with Crippen LogP contribution in [0.3, 0.4) is 0 Å². The first-order valence-electron chi connectivity index (χ1n) is 9.60. The maximum Gasteiger partial charge on any atom is 0.159 e. The van der Waals surface area contributed by atoms with Gasteiger partial charge in [-0.3, -0.25) is 20.1 Å². The van der Waals surface area contributed by atoms with E-state index >= 15 is 0 Å². The van der Waals surface area contributed by atoms with Gasteiger partial charge in [-0.1, -0.05) is 18.2 Å². The van der Waals surface area contributed by atoms with Crippen LogP contribution in [0.4, 0.5) is 0 Å². The third-order valence-electron chi connectivity index (χ3n) is 4.96. The molecule has 0 radical (unpaired) electrons. The summed E-state index contributed by atoms with van der Waals surface area (Å²) in [5.41, 5.74) is 6.83. The van der Waals surface area contributed by atoms with Crippen molar-refractivity contribution in [1.82, 2.24) is 30.1 Å². The lowest BCUT2D eigenvalue weighted by Crippen LogP contribution is -1.89. The molecule has 0 amide bonds. The van der Waals surface area contributed by atoms with Crippen LogP contribution in [0.1, 0.15) is 5.56 Å². The summed E-state index contributed by atoms with van der Waals surface area (Å²) in [6.07, 6.45) is 8.71. The van der Waals surface area contributed by atoms with Gasteiger partial charge in [0.25, 0.3) is 0 Å². The van der Waals surface area contributed by atoms with Gasteiger partial charge in [-0.25, -0.2) is 9.97 Å². The van der Waals surface area contributed by atoms with Gasteiger partial charge in [-0.2, -0.15) is 5.10 Å². The first-order chi connectivity index (χ1) is 15.3. The van der Waals surface area contributed by atoms with E-state index in [1.54, 1.807) is 31.9 Å². The minimum Gasteiger partial charge on any atom is -0.337 e. The number of benzene rings is 1. The molecule has 0 spiro atoms. The van der Waals surface area contributed by atoms with E-state index in [1.807, 2.05) is 42.6 Å². The first kappa shape index (κ1) is 18.6. The summed E-state index contributed by atoms with van der Waals surface area (Å²) in [6.45, 7) is 3.54. The number of H-pyrrole nitrogens is 2. The molecule has 31 heavy (non-hydrogen) atoms. The zero-order chi connectivity index (χ0) is 21.2. The van der Waals surface area contributed by atoms with E-state index in [0.29, 0.717) is 17.2 Å². The number of aromatic nitrogens is 6. The van der Waals surface area contributed by atoms with E-state index < -0.39 is 0 Å². The van der Waals surface area contributed by atoms with E-state index in [4.69, 9.17) is 4.98 Å². The fourth-order valence-electron chi connectivity index (χ4n) is 3.56. The smallest absolute Gasteiger partial charge is 0.159 e. The molecular weight excluding hydrogens is 388 g/mol. The predicted octanol–water partition coefficient (Wildman–Crippen LogP) is 4.31. The van der Waals surface area contributed by atoms with Crippen molar-refractivity contribution in [1.29, 1.82) is 0 Å². The molecule has 0 aliphatic heterocycles. The lowest BCUT2D eigenvalue weighted by Gasteiger charge is -2.01. The second-order valence-corrected chi connectivity index (χ2v) is 6.88. The molecule has 1 aromatic carbocycles. The minimum absolute atomic E-state index is 0.660. The lowest BCUT2D eigenvalue weighted by atomic mass is 10.1. The Balaban J connectivity index is 1.67. The number of aliphatic imine (C=N–C) groups is 2. The number of allylic oxidation sites excluding steroid dienone is 1. The molecule has 0 saturated carbocycles. The van der Waals surface area contributed by atoms with Crippen LogP contribution in [0.15, 0.2) is 71.2 Å². The molecule has 0 fully saturated rings. The Morgan fingerprint density at radius 1 is 1.16 bits per heavy atom. The zero-order valence-electron chi connectivity index (χ0n) is 16.7. The van der Waals surface area contributed by atoms with Gasteiger partial charge in [0.05, 0.1) is 16.4 Å². The Labute approximate surface area is 177 Å². The van der Waals surface area contributed by atoms with Crippen LogP contribution in [0.25, 0.3) is 50.3 Å². The normalized spacial score (nSPS) is 12.2. The number of hydrogen-bond acceptors (Lipinski definition) is 6. The molecule has 0 bridgehead atoms. The van der Waals surface area contributed by atoms with Gasteiger partial charge >= 0.3 is 0 Å². The molecule has 4 heterocycles. The summed E-state index contributed by atoms with van der Waals surface area (Å²) >= 11 is 0. The molecule has 0 atom stereocenters. The fourth-order valence-corrected chi connectivity index (χ4v) is 3.56. The molecule has 0 saturated heterocycles. The van der Waals surface area contributed by atoms with Crippen LogP contribution in [0, 0.1) is 0 Å². The Morgan fingerprint density at radius 2 is 2.10 bits per heavy atom. The monoisotopic (exact) mass is 406 g/mol. The summed E-state index contributed by atoms with van der Waals surface area (Å²) in [6, 6.07) is 12.0. The summed E-state index contributed by atoms with van der Waals surface area (Å²) in [5.74, 6) is 0.660. The maximum absolute atomic E-state index is 4.87. The quantitative estimate of drug-likeness (QED) is 0.424. The highest BCUT2D eigenvalue weighted by molar-refractivity contribution is 6.10. The zero-order valence-corrected chi connectivity index (χ0v) is 16.7. The SMILES string of the molecule is C=N/C=C(\C=N/C)c1cnc2[nH]nc(-c3nc4c(-c5cccnc5)cccc4[nH]3)c2c1. The fraction of sp³-hybridized carbons (Fsp3) is 0.0435. The molecule has 8 heteroatoms. The van der Waals surface area contributed by atoms with Crippen LogP contribution in [-0.2, 0) is 0 Å². The molecule has 8 nitrogen and oxygen atoms in total. The average molecular weight is 406 g/mol. The van der Waals surface area contributed by atoms with Gasteiger partial charge in [0.1, 0.15) is 5.69 Å². The topological polar surface area (TPSA) is 108 Å². The van der Waals surface area contributed by atoms with Crippen LogP contribution in [0.5, 0.6) is 0 Å². The van der Waals surface area contributed by atoms with Crippen LogP contribution in [0.2, 0.25) is 0 Å². The second-order valence-electron chi connectivity index (χ2n) is 6.88. The third-order valence-corrected chi connectivity index (χ3v) is 4.96. The number of hydrogen-bond donors (Lipinski definition) is 2. The minimum atomic E-state index is 0.660. The Kier molecular flexibility index (Phi) is 4.64. The van der Waals surface area contributed by atoms with E-state index in [0.717, 1.165) is 38.7 Å². The number of nitrogens with one attached hydrogen (secondary N) is 2.